The van der Waals surface area contributed by atoms with Crippen LogP contribution in [0.2, 0.25) is 0 Å². The first-order chi connectivity index (χ1) is 10.2. The number of para-hydroxylation sites is 1. The van der Waals surface area contributed by atoms with Gasteiger partial charge in [-0.15, -0.1) is 0 Å². The number of carboxylic acids is 1. The summed E-state index contributed by atoms with van der Waals surface area (Å²) in [7, 11) is 0. The lowest BCUT2D eigenvalue weighted by Crippen LogP contribution is -2.59. The van der Waals surface area contributed by atoms with Crippen molar-refractivity contribution in [2.75, 3.05) is 26.2 Å². The number of rotatable bonds is 2. The van der Waals surface area contributed by atoms with E-state index in [1.165, 1.54) is 4.90 Å². The molecule has 112 valence electrons. The molecule has 2 atom stereocenters. The predicted octanol–water partition coefficient (Wildman–Crippen LogP) is 0.123. The van der Waals surface area contributed by atoms with Crippen molar-refractivity contribution in [2.45, 2.75) is 12.5 Å². The van der Waals surface area contributed by atoms with Crippen LogP contribution < -0.4 is 10.1 Å². The minimum absolute atomic E-state index is 0.126. The second-order valence-corrected chi connectivity index (χ2v) is 5.41. The van der Waals surface area contributed by atoms with Crippen LogP contribution in [0.4, 0.5) is 0 Å². The lowest BCUT2D eigenvalue weighted by atomic mass is 9.94. The minimum atomic E-state index is -0.965. The van der Waals surface area contributed by atoms with Crippen LogP contribution in [0.15, 0.2) is 24.3 Å². The fourth-order valence-electron chi connectivity index (χ4n) is 2.91. The number of aliphatic carboxylic acids is 1. The van der Waals surface area contributed by atoms with E-state index in [1.807, 2.05) is 24.3 Å². The fraction of sp³-hybridized carbons (Fsp3) is 0.467. The number of hydrogen-bond acceptors (Lipinski definition) is 4. The first-order valence-electron chi connectivity index (χ1n) is 7.11. The molecule has 6 heteroatoms. The SMILES string of the molecule is O=C(O)C1CNCCN1C(=O)C1COc2ccccc2C1. The maximum absolute atomic E-state index is 12.6. The first kappa shape index (κ1) is 13.9. The van der Waals surface area contributed by atoms with Crippen molar-refractivity contribution >= 4 is 11.9 Å². The molecule has 2 heterocycles. The molecule has 2 aliphatic rings. The third-order valence-corrected chi connectivity index (χ3v) is 4.04. The smallest absolute Gasteiger partial charge is 0.327 e. The van der Waals surface area contributed by atoms with Crippen LogP contribution in [-0.4, -0.2) is 54.2 Å². The molecule has 21 heavy (non-hydrogen) atoms. The van der Waals surface area contributed by atoms with Gasteiger partial charge in [0.25, 0.3) is 0 Å². The van der Waals surface area contributed by atoms with E-state index in [9.17, 15) is 14.7 Å². The molecule has 0 radical (unpaired) electrons. The quantitative estimate of drug-likeness (QED) is 0.809. The highest BCUT2D eigenvalue weighted by Gasteiger charge is 2.37. The molecule has 1 fully saturated rings. The van der Waals surface area contributed by atoms with Crippen LogP contribution in [0.3, 0.4) is 0 Å². The fourth-order valence-corrected chi connectivity index (χ4v) is 2.91. The van der Waals surface area contributed by atoms with Crippen LogP contribution in [0.1, 0.15) is 5.56 Å². The number of hydrogen-bond donors (Lipinski definition) is 2. The third kappa shape index (κ3) is 2.71. The van der Waals surface area contributed by atoms with Crippen LogP contribution in [0, 0.1) is 5.92 Å². The Morgan fingerprint density at radius 3 is 2.95 bits per heavy atom. The van der Waals surface area contributed by atoms with E-state index in [0.29, 0.717) is 32.7 Å². The van der Waals surface area contributed by atoms with E-state index >= 15 is 0 Å². The molecule has 0 bridgehead atoms. The number of nitrogens with one attached hydrogen (secondary N) is 1. The van der Waals surface area contributed by atoms with Gasteiger partial charge in [-0.3, -0.25) is 4.79 Å². The van der Waals surface area contributed by atoms with Crippen molar-refractivity contribution in [3.63, 3.8) is 0 Å². The number of carbonyl (C=O) groups is 2. The third-order valence-electron chi connectivity index (χ3n) is 4.04. The van der Waals surface area contributed by atoms with E-state index in [0.717, 1.165) is 11.3 Å². The lowest BCUT2D eigenvalue weighted by molar-refractivity contribution is -0.153. The highest BCUT2D eigenvalue weighted by atomic mass is 16.5. The van der Waals surface area contributed by atoms with Gasteiger partial charge in [0.15, 0.2) is 0 Å². The average molecular weight is 290 g/mol. The minimum Gasteiger partial charge on any atom is -0.492 e. The number of amides is 1. The molecule has 0 aromatic heterocycles. The Morgan fingerprint density at radius 1 is 1.33 bits per heavy atom. The number of carboxylic acid groups (broad SMARTS) is 1. The summed E-state index contributed by atoms with van der Waals surface area (Å²) in [6, 6.07) is 6.86. The Bertz CT molecular complexity index is 560. The van der Waals surface area contributed by atoms with Crippen LogP contribution in [-0.2, 0) is 16.0 Å². The van der Waals surface area contributed by atoms with E-state index < -0.39 is 12.0 Å². The van der Waals surface area contributed by atoms with Gasteiger partial charge in [-0.25, -0.2) is 4.79 Å². The van der Waals surface area contributed by atoms with Crippen LogP contribution in [0.25, 0.3) is 0 Å². The molecule has 1 aromatic carbocycles. The summed E-state index contributed by atoms with van der Waals surface area (Å²) in [5.41, 5.74) is 1.00. The largest absolute Gasteiger partial charge is 0.492 e. The molecule has 1 aromatic rings. The summed E-state index contributed by atoms with van der Waals surface area (Å²) in [4.78, 5) is 25.4. The van der Waals surface area contributed by atoms with Gasteiger partial charge in [0, 0.05) is 19.6 Å². The molecule has 2 unspecified atom stereocenters. The normalized spacial score (nSPS) is 24.9. The van der Waals surface area contributed by atoms with E-state index in [-0.39, 0.29) is 11.8 Å². The number of benzene rings is 1. The molecule has 0 spiro atoms. The van der Waals surface area contributed by atoms with Gasteiger partial charge in [0.1, 0.15) is 18.4 Å². The standard InChI is InChI=1S/C15H18N2O4/c18-14(17-6-5-16-8-12(17)15(19)20)11-7-10-3-1-2-4-13(10)21-9-11/h1-4,11-12,16H,5-9H2,(H,19,20). The van der Waals surface area contributed by atoms with E-state index in [2.05, 4.69) is 5.32 Å². The maximum atomic E-state index is 12.6. The molecule has 3 rings (SSSR count). The first-order valence-corrected chi connectivity index (χ1v) is 7.11. The highest BCUT2D eigenvalue weighted by Crippen LogP contribution is 2.28. The Kier molecular flexibility index (Phi) is 3.79. The van der Waals surface area contributed by atoms with Gasteiger partial charge in [0.2, 0.25) is 5.91 Å². The second kappa shape index (κ2) is 5.73. The van der Waals surface area contributed by atoms with Gasteiger partial charge in [-0.05, 0) is 18.1 Å². The Labute approximate surface area is 122 Å². The van der Waals surface area contributed by atoms with Crippen molar-refractivity contribution in [1.82, 2.24) is 10.2 Å². The van der Waals surface area contributed by atoms with Gasteiger partial charge >= 0.3 is 5.97 Å². The summed E-state index contributed by atoms with van der Waals surface area (Å²) in [5.74, 6) is -0.581. The lowest BCUT2D eigenvalue weighted by Gasteiger charge is -2.36. The Hall–Kier alpha value is -2.08. The molecule has 2 aliphatic heterocycles. The van der Waals surface area contributed by atoms with Crippen LogP contribution >= 0.6 is 0 Å². The molecule has 1 saturated heterocycles. The molecule has 1 amide bonds. The number of ether oxygens (including phenoxy) is 1. The van der Waals surface area contributed by atoms with Crippen molar-refractivity contribution in [1.29, 1.82) is 0 Å². The number of fused-ring (bicyclic) bond motifs is 1. The predicted molar refractivity (Wildman–Crippen MR) is 75.1 cm³/mol. The van der Waals surface area contributed by atoms with Gasteiger partial charge in [0.05, 0.1) is 5.92 Å². The van der Waals surface area contributed by atoms with Crippen molar-refractivity contribution in [3.05, 3.63) is 29.8 Å². The number of carbonyl (C=O) groups excluding carboxylic acids is 1. The Balaban J connectivity index is 1.75. The molecule has 2 N–H and O–H groups in total. The maximum Gasteiger partial charge on any atom is 0.327 e. The highest BCUT2D eigenvalue weighted by molar-refractivity contribution is 5.86. The second-order valence-electron chi connectivity index (χ2n) is 5.41. The number of piperazine rings is 1. The van der Waals surface area contributed by atoms with E-state index in [1.54, 1.807) is 0 Å². The van der Waals surface area contributed by atoms with E-state index in [4.69, 9.17) is 4.74 Å². The van der Waals surface area contributed by atoms with Crippen LogP contribution in [0.5, 0.6) is 5.75 Å². The van der Waals surface area contributed by atoms with Crippen molar-refractivity contribution in [3.8, 4) is 5.75 Å². The molecular formula is C15H18N2O4. The Morgan fingerprint density at radius 2 is 2.14 bits per heavy atom. The zero-order valence-corrected chi connectivity index (χ0v) is 11.6. The molecule has 0 aliphatic carbocycles. The monoisotopic (exact) mass is 290 g/mol. The molecular weight excluding hydrogens is 272 g/mol. The summed E-state index contributed by atoms with van der Waals surface area (Å²) in [6.45, 7) is 1.66. The summed E-state index contributed by atoms with van der Waals surface area (Å²) in [6.07, 6.45) is 0.602. The van der Waals surface area contributed by atoms with Crippen molar-refractivity contribution < 1.29 is 19.4 Å². The van der Waals surface area contributed by atoms with Gasteiger partial charge < -0.3 is 20.1 Å². The zero-order chi connectivity index (χ0) is 14.8. The zero-order valence-electron chi connectivity index (χ0n) is 11.6. The molecule has 6 nitrogen and oxygen atoms in total. The topological polar surface area (TPSA) is 78.9 Å². The average Bonchev–Trinajstić information content (AvgIpc) is 2.53. The van der Waals surface area contributed by atoms with Crippen molar-refractivity contribution in [2.24, 2.45) is 5.92 Å². The van der Waals surface area contributed by atoms with Gasteiger partial charge in [-0.1, -0.05) is 18.2 Å². The number of nitrogens with zero attached hydrogens (tertiary/aromatic N) is 1. The summed E-state index contributed by atoms with van der Waals surface area (Å²) in [5, 5.41) is 12.3. The molecule has 0 saturated carbocycles. The summed E-state index contributed by atoms with van der Waals surface area (Å²) < 4.78 is 5.63. The van der Waals surface area contributed by atoms with Gasteiger partial charge in [-0.2, -0.15) is 0 Å². The summed E-state index contributed by atoms with van der Waals surface area (Å²) >= 11 is 0.